The Kier molecular flexibility index (Phi) is 4.87. The molecule has 2 aromatic rings. The standard InChI is InChI=1S/C15H17NO4S2/c1-10-4-9-14(21-10)22(18,19)16-15(17)11(2)12-5-7-13(20-3)8-6-12/h4-9,11H,1-3H3,(H,16,17). The molecule has 0 radical (unpaired) electrons. The van der Waals surface area contributed by atoms with Gasteiger partial charge in [0.15, 0.2) is 0 Å². The molecule has 0 spiro atoms. The minimum Gasteiger partial charge on any atom is -0.497 e. The number of ether oxygens (including phenoxy) is 1. The molecule has 2 rings (SSSR count). The first kappa shape index (κ1) is 16.5. The van der Waals surface area contributed by atoms with E-state index in [2.05, 4.69) is 4.72 Å². The molecule has 1 aromatic carbocycles. The summed E-state index contributed by atoms with van der Waals surface area (Å²) in [5.41, 5.74) is 0.718. The Bertz CT molecular complexity index is 763. The fourth-order valence-corrected chi connectivity index (χ4v) is 4.21. The van der Waals surface area contributed by atoms with Crippen LogP contribution in [0.1, 0.15) is 23.3 Å². The molecule has 0 aliphatic carbocycles. The molecule has 0 bridgehead atoms. The van der Waals surface area contributed by atoms with E-state index in [1.165, 1.54) is 6.07 Å². The first-order chi connectivity index (χ1) is 10.3. The quantitative estimate of drug-likeness (QED) is 0.909. The topological polar surface area (TPSA) is 72.5 Å². The highest BCUT2D eigenvalue weighted by Gasteiger charge is 2.23. The van der Waals surface area contributed by atoms with Crippen LogP contribution in [0.4, 0.5) is 0 Å². The molecule has 118 valence electrons. The summed E-state index contributed by atoms with van der Waals surface area (Å²) in [6, 6.07) is 10.1. The van der Waals surface area contributed by atoms with Crippen LogP contribution < -0.4 is 9.46 Å². The Morgan fingerprint density at radius 1 is 1.18 bits per heavy atom. The maximum absolute atomic E-state index is 12.2. The van der Waals surface area contributed by atoms with Crippen LogP contribution in [0.5, 0.6) is 5.75 Å². The van der Waals surface area contributed by atoms with Crippen molar-refractivity contribution in [2.24, 2.45) is 0 Å². The number of aryl methyl sites for hydroxylation is 1. The lowest BCUT2D eigenvalue weighted by atomic mass is 10.0. The zero-order valence-corrected chi connectivity index (χ0v) is 14.1. The molecule has 1 atom stereocenters. The van der Waals surface area contributed by atoms with Crippen molar-refractivity contribution in [2.45, 2.75) is 24.0 Å². The maximum atomic E-state index is 12.2. The van der Waals surface area contributed by atoms with Gasteiger partial charge in [0.25, 0.3) is 10.0 Å². The number of methoxy groups -OCH3 is 1. The Morgan fingerprint density at radius 2 is 1.82 bits per heavy atom. The summed E-state index contributed by atoms with van der Waals surface area (Å²) in [6.45, 7) is 3.47. The lowest BCUT2D eigenvalue weighted by Crippen LogP contribution is -2.33. The Hall–Kier alpha value is -1.86. The van der Waals surface area contributed by atoms with Gasteiger partial charge in [0.1, 0.15) is 9.96 Å². The summed E-state index contributed by atoms with van der Waals surface area (Å²) in [5, 5.41) is 0. The van der Waals surface area contributed by atoms with Crippen molar-refractivity contribution in [1.29, 1.82) is 0 Å². The molecule has 0 saturated carbocycles. The first-order valence-corrected chi connectivity index (χ1v) is 8.90. The number of hydrogen-bond donors (Lipinski definition) is 1. The molecule has 22 heavy (non-hydrogen) atoms. The lowest BCUT2D eigenvalue weighted by Gasteiger charge is -2.12. The van der Waals surface area contributed by atoms with Gasteiger partial charge in [0, 0.05) is 4.88 Å². The molecule has 5 nitrogen and oxygen atoms in total. The van der Waals surface area contributed by atoms with Gasteiger partial charge >= 0.3 is 0 Å². The maximum Gasteiger partial charge on any atom is 0.273 e. The number of amides is 1. The lowest BCUT2D eigenvalue weighted by molar-refractivity contribution is -0.120. The van der Waals surface area contributed by atoms with Crippen LogP contribution >= 0.6 is 11.3 Å². The number of sulfonamides is 1. The van der Waals surface area contributed by atoms with Gasteiger partial charge in [-0.2, -0.15) is 0 Å². The van der Waals surface area contributed by atoms with Crippen molar-refractivity contribution in [2.75, 3.05) is 7.11 Å². The summed E-state index contributed by atoms with van der Waals surface area (Å²) >= 11 is 1.13. The highest BCUT2D eigenvalue weighted by molar-refractivity contribution is 7.92. The van der Waals surface area contributed by atoms with E-state index in [9.17, 15) is 13.2 Å². The second-order valence-electron chi connectivity index (χ2n) is 4.83. The summed E-state index contributed by atoms with van der Waals surface area (Å²) < 4.78 is 31.6. The fraction of sp³-hybridized carbons (Fsp3) is 0.267. The van der Waals surface area contributed by atoms with E-state index < -0.39 is 21.8 Å². The zero-order chi connectivity index (χ0) is 16.3. The van der Waals surface area contributed by atoms with E-state index >= 15 is 0 Å². The predicted octanol–water partition coefficient (Wildman–Crippen LogP) is 2.67. The number of carbonyl (C=O) groups excluding carboxylic acids is 1. The molecule has 1 heterocycles. The van der Waals surface area contributed by atoms with Crippen molar-refractivity contribution in [3.8, 4) is 5.75 Å². The molecule has 0 saturated heterocycles. The molecule has 1 unspecified atom stereocenters. The molecular weight excluding hydrogens is 322 g/mol. The normalized spacial score (nSPS) is 12.7. The molecule has 0 aliphatic heterocycles. The van der Waals surface area contributed by atoms with Gasteiger partial charge < -0.3 is 4.74 Å². The number of nitrogens with one attached hydrogen (secondary N) is 1. The van der Waals surface area contributed by atoms with E-state index in [1.807, 2.05) is 6.92 Å². The number of rotatable bonds is 5. The van der Waals surface area contributed by atoms with Crippen molar-refractivity contribution in [1.82, 2.24) is 4.72 Å². The minimum atomic E-state index is -3.81. The number of hydrogen-bond acceptors (Lipinski definition) is 5. The van der Waals surface area contributed by atoms with Crippen LogP contribution in [0.3, 0.4) is 0 Å². The largest absolute Gasteiger partial charge is 0.497 e. The van der Waals surface area contributed by atoms with Crippen molar-refractivity contribution >= 4 is 27.3 Å². The Morgan fingerprint density at radius 3 is 2.32 bits per heavy atom. The van der Waals surface area contributed by atoms with Crippen LogP contribution in [0.15, 0.2) is 40.6 Å². The molecule has 1 aromatic heterocycles. The molecule has 0 aliphatic rings. The summed E-state index contributed by atoms with van der Waals surface area (Å²) in [6.07, 6.45) is 0. The minimum absolute atomic E-state index is 0.139. The van der Waals surface area contributed by atoms with Gasteiger partial charge in [-0.1, -0.05) is 12.1 Å². The van der Waals surface area contributed by atoms with Gasteiger partial charge in [-0.15, -0.1) is 11.3 Å². The van der Waals surface area contributed by atoms with Crippen LogP contribution in [0, 0.1) is 6.92 Å². The second-order valence-corrected chi connectivity index (χ2v) is 8.03. The SMILES string of the molecule is COc1ccc(C(C)C(=O)NS(=O)(=O)c2ccc(C)s2)cc1. The van der Waals surface area contributed by atoms with Gasteiger partial charge in [0.2, 0.25) is 5.91 Å². The predicted molar refractivity (Wildman–Crippen MR) is 85.8 cm³/mol. The Balaban J connectivity index is 2.13. The third kappa shape index (κ3) is 3.66. The molecule has 7 heteroatoms. The average Bonchev–Trinajstić information content (AvgIpc) is 2.93. The third-order valence-electron chi connectivity index (χ3n) is 3.22. The highest BCUT2D eigenvalue weighted by atomic mass is 32.2. The van der Waals surface area contributed by atoms with Crippen LogP contribution in [-0.4, -0.2) is 21.4 Å². The summed E-state index contributed by atoms with van der Waals surface area (Å²) in [5.74, 6) is -0.462. The monoisotopic (exact) mass is 339 g/mol. The first-order valence-electron chi connectivity index (χ1n) is 6.60. The van der Waals surface area contributed by atoms with E-state index in [4.69, 9.17) is 4.74 Å². The fourth-order valence-electron chi connectivity index (χ4n) is 1.87. The van der Waals surface area contributed by atoms with E-state index in [-0.39, 0.29) is 4.21 Å². The molecule has 0 fully saturated rings. The molecule has 1 N–H and O–H groups in total. The number of carbonyl (C=O) groups is 1. The molecule has 1 amide bonds. The zero-order valence-electron chi connectivity index (χ0n) is 12.5. The van der Waals surface area contributed by atoms with Crippen molar-refractivity contribution < 1.29 is 17.9 Å². The summed E-state index contributed by atoms with van der Waals surface area (Å²) in [7, 11) is -2.25. The van der Waals surface area contributed by atoms with Crippen LogP contribution in [0.25, 0.3) is 0 Å². The van der Waals surface area contributed by atoms with E-state index in [1.54, 1.807) is 44.4 Å². The van der Waals surface area contributed by atoms with Gasteiger partial charge in [-0.05, 0) is 43.7 Å². The average molecular weight is 339 g/mol. The van der Waals surface area contributed by atoms with Crippen LogP contribution in [0.2, 0.25) is 0 Å². The van der Waals surface area contributed by atoms with Gasteiger partial charge in [-0.25, -0.2) is 13.1 Å². The van der Waals surface area contributed by atoms with Crippen molar-refractivity contribution in [3.63, 3.8) is 0 Å². The van der Waals surface area contributed by atoms with Crippen molar-refractivity contribution in [3.05, 3.63) is 46.8 Å². The van der Waals surface area contributed by atoms with Crippen LogP contribution in [-0.2, 0) is 14.8 Å². The number of benzene rings is 1. The molecular formula is C15H17NO4S2. The summed E-state index contributed by atoms with van der Waals surface area (Å²) in [4.78, 5) is 13.0. The third-order valence-corrected chi connectivity index (χ3v) is 6.06. The van der Waals surface area contributed by atoms with E-state index in [0.717, 1.165) is 21.8 Å². The highest BCUT2D eigenvalue weighted by Crippen LogP contribution is 2.23. The van der Waals surface area contributed by atoms with Gasteiger partial charge in [0.05, 0.1) is 13.0 Å². The van der Waals surface area contributed by atoms with E-state index in [0.29, 0.717) is 5.75 Å². The Labute approximate surface area is 134 Å². The second kappa shape index (κ2) is 6.50. The van der Waals surface area contributed by atoms with Gasteiger partial charge in [-0.3, -0.25) is 4.79 Å². The smallest absolute Gasteiger partial charge is 0.273 e. The number of thiophene rings is 1.